The van der Waals surface area contributed by atoms with Crippen molar-refractivity contribution in [1.29, 1.82) is 0 Å². The maximum atomic E-state index is 5.98. The minimum atomic E-state index is 0.128. The Morgan fingerprint density at radius 1 is 1.59 bits per heavy atom. The van der Waals surface area contributed by atoms with E-state index >= 15 is 0 Å². The highest BCUT2D eigenvalue weighted by molar-refractivity contribution is 9.11. The minimum Gasteiger partial charge on any atom is -0.488 e. The molecule has 4 heteroatoms. The van der Waals surface area contributed by atoms with E-state index in [1.54, 1.807) is 0 Å². The van der Waals surface area contributed by atoms with Gasteiger partial charge in [0.25, 0.3) is 0 Å². The van der Waals surface area contributed by atoms with E-state index in [2.05, 4.69) is 29.4 Å². The van der Waals surface area contributed by atoms with Gasteiger partial charge in [0.1, 0.15) is 12.4 Å². The standard InChI is InChI=1S/C13H17BrClNO/c1-3-12(16)7-10-6-11(15)4-5-13(10)17-8-9(2)14/h4-6,12H,2-3,7-8,16H2,1H3. The lowest BCUT2D eigenvalue weighted by Crippen LogP contribution is -2.21. The Kier molecular flexibility index (Phi) is 6.03. The summed E-state index contributed by atoms with van der Waals surface area (Å²) in [6.07, 6.45) is 1.69. The molecule has 0 aliphatic rings. The monoisotopic (exact) mass is 317 g/mol. The number of hydrogen-bond donors (Lipinski definition) is 1. The number of hydrogen-bond acceptors (Lipinski definition) is 2. The zero-order valence-corrected chi connectivity index (χ0v) is 12.2. The SMILES string of the molecule is C=C(Br)COc1ccc(Cl)cc1CC(N)CC. The molecule has 1 rings (SSSR count). The lowest BCUT2D eigenvalue weighted by atomic mass is 10.0. The van der Waals surface area contributed by atoms with E-state index in [1.807, 2.05) is 18.2 Å². The third kappa shape index (κ3) is 5.11. The van der Waals surface area contributed by atoms with Crippen molar-refractivity contribution in [2.75, 3.05) is 6.61 Å². The van der Waals surface area contributed by atoms with Gasteiger partial charge in [-0.3, -0.25) is 0 Å². The number of rotatable bonds is 6. The Hall–Kier alpha value is -0.510. The van der Waals surface area contributed by atoms with Crippen molar-refractivity contribution < 1.29 is 4.74 Å². The Balaban J connectivity index is 2.83. The molecular weight excluding hydrogens is 302 g/mol. The summed E-state index contributed by atoms with van der Waals surface area (Å²) in [5.74, 6) is 0.818. The van der Waals surface area contributed by atoms with Crippen molar-refractivity contribution in [3.05, 3.63) is 39.8 Å². The van der Waals surface area contributed by atoms with Gasteiger partial charge < -0.3 is 10.5 Å². The van der Waals surface area contributed by atoms with Gasteiger partial charge >= 0.3 is 0 Å². The summed E-state index contributed by atoms with van der Waals surface area (Å²) in [6.45, 7) is 6.24. The van der Waals surface area contributed by atoms with Gasteiger partial charge in [-0.2, -0.15) is 0 Å². The van der Waals surface area contributed by atoms with E-state index in [1.165, 1.54) is 0 Å². The zero-order chi connectivity index (χ0) is 12.8. The maximum Gasteiger partial charge on any atom is 0.123 e. The van der Waals surface area contributed by atoms with Crippen LogP contribution in [-0.2, 0) is 6.42 Å². The third-order valence-corrected chi connectivity index (χ3v) is 2.88. The van der Waals surface area contributed by atoms with Crippen molar-refractivity contribution >= 4 is 27.5 Å². The fraction of sp³-hybridized carbons (Fsp3) is 0.385. The van der Waals surface area contributed by atoms with Crippen molar-refractivity contribution in [3.8, 4) is 5.75 Å². The van der Waals surface area contributed by atoms with Crippen LogP contribution in [0.15, 0.2) is 29.3 Å². The largest absolute Gasteiger partial charge is 0.488 e. The van der Waals surface area contributed by atoms with Crippen LogP contribution in [0.2, 0.25) is 5.02 Å². The normalized spacial score (nSPS) is 12.2. The van der Waals surface area contributed by atoms with Gasteiger partial charge in [0, 0.05) is 15.5 Å². The van der Waals surface area contributed by atoms with Gasteiger partial charge in [-0.05, 0) is 36.6 Å². The van der Waals surface area contributed by atoms with E-state index in [0.29, 0.717) is 11.6 Å². The lowest BCUT2D eigenvalue weighted by molar-refractivity contribution is 0.355. The fourth-order valence-corrected chi connectivity index (χ4v) is 1.74. The Labute approximate surface area is 116 Å². The molecule has 0 bridgehead atoms. The van der Waals surface area contributed by atoms with E-state index in [0.717, 1.165) is 28.6 Å². The van der Waals surface area contributed by atoms with Crippen LogP contribution in [0.4, 0.5) is 0 Å². The summed E-state index contributed by atoms with van der Waals surface area (Å²) in [7, 11) is 0. The van der Waals surface area contributed by atoms with Crippen LogP contribution in [-0.4, -0.2) is 12.6 Å². The molecule has 0 aliphatic heterocycles. The van der Waals surface area contributed by atoms with E-state index in [-0.39, 0.29) is 6.04 Å². The van der Waals surface area contributed by atoms with Gasteiger partial charge in [0.05, 0.1) is 0 Å². The van der Waals surface area contributed by atoms with Crippen LogP contribution >= 0.6 is 27.5 Å². The van der Waals surface area contributed by atoms with Crippen LogP contribution in [0.25, 0.3) is 0 Å². The van der Waals surface area contributed by atoms with Gasteiger partial charge in [-0.1, -0.05) is 41.0 Å². The molecule has 0 heterocycles. The smallest absolute Gasteiger partial charge is 0.123 e. The Morgan fingerprint density at radius 2 is 2.29 bits per heavy atom. The molecule has 2 N–H and O–H groups in total. The van der Waals surface area contributed by atoms with E-state index < -0.39 is 0 Å². The van der Waals surface area contributed by atoms with Gasteiger partial charge in [0.15, 0.2) is 0 Å². The molecule has 1 aromatic rings. The highest BCUT2D eigenvalue weighted by atomic mass is 79.9. The lowest BCUT2D eigenvalue weighted by Gasteiger charge is -2.14. The van der Waals surface area contributed by atoms with Crippen molar-refractivity contribution in [2.45, 2.75) is 25.8 Å². The summed E-state index contributed by atoms with van der Waals surface area (Å²) in [5.41, 5.74) is 7.00. The van der Waals surface area contributed by atoms with Gasteiger partial charge in [0.2, 0.25) is 0 Å². The predicted octanol–water partition coefficient (Wildman–Crippen LogP) is 3.91. The molecule has 1 aromatic carbocycles. The topological polar surface area (TPSA) is 35.2 Å². The van der Waals surface area contributed by atoms with Crippen molar-refractivity contribution in [2.24, 2.45) is 5.73 Å². The summed E-state index contributed by atoms with van der Waals surface area (Å²) < 4.78 is 6.44. The molecular formula is C13H17BrClNO. The molecule has 0 spiro atoms. The average molecular weight is 319 g/mol. The second-order valence-corrected chi connectivity index (χ2v) is 5.49. The molecule has 94 valence electrons. The highest BCUT2D eigenvalue weighted by Crippen LogP contribution is 2.25. The van der Waals surface area contributed by atoms with Crippen LogP contribution in [0.5, 0.6) is 5.75 Å². The minimum absolute atomic E-state index is 0.128. The second-order valence-electron chi connectivity index (χ2n) is 3.93. The van der Waals surface area contributed by atoms with E-state index in [4.69, 9.17) is 22.1 Å². The summed E-state index contributed by atoms with van der Waals surface area (Å²) >= 11 is 9.25. The summed E-state index contributed by atoms with van der Waals surface area (Å²) in [4.78, 5) is 0. The van der Waals surface area contributed by atoms with Crippen molar-refractivity contribution in [3.63, 3.8) is 0 Å². The third-order valence-electron chi connectivity index (χ3n) is 2.41. The molecule has 0 aromatic heterocycles. The van der Waals surface area contributed by atoms with Gasteiger partial charge in [-0.15, -0.1) is 0 Å². The highest BCUT2D eigenvalue weighted by Gasteiger charge is 2.09. The average Bonchev–Trinajstić information content (AvgIpc) is 2.27. The number of ether oxygens (including phenoxy) is 1. The number of nitrogens with two attached hydrogens (primary N) is 1. The summed E-state index contributed by atoms with van der Waals surface area (Å²) in [5, 5.41) is 0.702. The van der Waals surface area contributed by atoms with Crippen LogP contribution in [0.3, 0.4) is 0 Å². The Bertz CT molecular complexity index is 395. The molecule has 0 saturated carbocycles. The molecule has 0 aliphatic carbocycles. The van der Waals surface area contributed by atoms with Crippen LogP contribution < -0.4 is 10.5 Å². The first-order valence-electron chi connectivity index (χ1n) is 5.53. The second kappa shape index (κ2) is 7.04. The van der Waals surface area contributed by atoms with Crippen LogP contribution in [0, 0.1) is 0 Å². The van der Waals surface area contributed by atoms with Crippen molar-refractivity contribution in [1.82, 2.24) is 0 Å². The van der Waals surface area contributed by atoms with Crippen LogP contribution in [0.1, 0.15) is 18.9 Å². The first-order valence-corrected chi connectivity index (χ1v) is 6.70. The first-order chi connectivity index (χ1) is 8.02. The quantitative estimate of drug-likeness (QED) is 0.863. The molecule has 0 saturated heterocycles. The Morgan fingerprint density at radius 3 is 2.88 bits per heavy atom. The summed E-state index contributed by atoms with van der Waals surface area (Å²) in [6, 6.07) is 5.72. The molecule has 2 nitrogen and oxygen atoms in total. The fourth-order valence-electron chi connectivity index (χ4n) is 1.43. The zero-order valence-electron chi connectivity index (χ0n) is 9.88. The number of benzene rings is 1. The molecule has 0 fully saturated rings. The molecule has 1 atom stereocenters. The van der Waals surface area contributed by atoms with E-state index in [9.17, 15) is 0 Å². The molecule has 1 unspecified atom stereocenters. The molecule has 17 heavy (non-hydrogen) atoms. The molecule has 0 amide bonds. The number of halogens is 2. The predicted molar refractivity (Wildman–Crippen MR) is 77.0 cm³/mol. The van der Waals surface area contributed by atoms with Gasteiger partial charge in [-0.25, -0.2) is 0 Å². The maximum absolute atomic E-state index is 5.98. The first kappa shape index (κ1) is 14.6. The molecule has 0 radical (unpaired) electrons.